The minimum absolute atomic E-state index is 0.0455. The average Bonchev–Trinajstić information content (AvgIpc) is 3.21. The Balaban J connectivity index is 1.83. The quantitative estimate of drug-likeness (QED) is 0.828. The van der Waals surface area contributed by atoms with Gasteiger partial charge in [-0.25, -0.2) is 4.52 Å². The number of carbonyl (C=O) groups is 1. The summed E-state index contributed by atoms with van der Waals surface area (Å²) in [6.07, 6.45) is 5.53. The molecule has 0 unspecified atom stereocenters. The molecule has 0 radical (unpaired) electrons. The molecule has 2 fully saturated rings. The fraction of sp³-hybridized carbons (Fsp3) is 0.438. The lowest BCUT2D eigenvalue weighted by Crippen LogP contribution is -2.37. The second-order valence-electron chi connectivity index (χ2n) is 6.28. The number of hydrogen-bond acceptors (Lipinski definition) is 3. The first-order valence-corrected chi connectivity index (χ1v) is 8.23. The van der Waals surface area contributed by atoms with Crippen LogP contribution in [0.15, 0.2) is 29.0 Å². The Morgan fingerprint density at radius 3 is 2.95 bits per heavy atom. The highest BCUT2D eigenvalue weighted by atomic mass is 79.9. The summed E-state index contributed by atoms with van der Waals surface area (Å²) in [6, 6.07) is 6.17. The summed E-state index contributed by atoms with van der Waals surface area (Å²) in [6.45, 7) is 2.61. The predicted molar refractivity (Wildman–Crippen MR) is 85.2 cm³/mol. The minimum Gasteiger partial charge on any atom is -0.309 e. The lowest BCUT2D eigenvalue weighted by atomic mass is 9.75. The Kier molecular flexibility index (Phi) is 2.85. The topological polar surface area (TPSA) is 61.4 Å². The molecule has 0 spiro atoms. The minimum atomic E-state index is -0.843. The number of amides is 1. The Morgan fingerprint density at radius 2 is 2.27 bits per heavy atom. The van der Waals surface area contributed by atoms with Crippen molar-refractivity contribution in [2.24, 2.45) is 17.3 Å². The van der Waals surface area contributed by atoms with Crippen LogP contribution in [0.5, 0.6) is 0 Å². The zero-order valence-corrected chi connectivity index (χ0v) is 13.7. The van der Waals surface area contributed by atoms with E-state index in [0.717, 1.165) is 28.5 Å². The molecule has 0 aromatic carbocycles. The number of carbonyl (C=O) groups excluding carboxylic acids is 1. The molecule has 1 amide bonds. The van der Waals surface area contributed by atoms with Crippen molar-refractivity contribution in [1.82, 2.24) is 9.61 Å². The molecule has 4 rings (SSSR count). The van der Waals surface area contributed by atoms with Gasteiger partial charge in [-0.05, 0) is 46.8 Å². The standard InChI is InChI=1S/C16H15BrN4O/c1-10-7-20(15(22)16(10,9-18)11-2-3-11)13-4-5-19-21-8-12(17)6-14(13)21/h4-6,8,10-11H,2-3,7H2,1H3/t10-,16-/m0/s1. The number of aromatic nitrogens is 2. The second kappa shape index (κ2) is 4.56. The largest absolute Gasteiger partial charge is 0.309 e. The van der Waals surface area contributed by atoms with Crippen LogP contribution in [0.25, 0.3) is 5.52 Å². The van der Waals surface area contributed by atoms with E-state index in [2.05, 4.69) is 27.1 Å². The Hall–Kier alpha value is -1.87. The van der Waals surface area contributed by atoms with Gasteiger partial charge in [-0.15, -0.1) is 0 Å². The van der Waals surface area contributed by atoms with Crippen molar-refractivity contribution in [1.29, 1.82) is 5.26 Å². The molecular formula is C16H15BrN4O. The SMILES string of the molecule is C[C@H]1CN(c2ccnn3cc(Br)cc23)C(=O)[C@]1(C#N)C1CC1. The van der Waals surface area contributed by atoms with Gasteiger partial charge in [0, 0.05) is 29.3 Å². The summed E-state index contributed by atoms with van der Waals surface area (Å²) in [4.78, 5) is 14.8. The monoisotopic (exact) mass is 358 g/mol. The van der Waals surface area contributed by atoms with E-state index >= 15 is 0 Å². The van der Waals surface area contributed by atoms with Crippen LogP contribution in [0.1, 0.15) is 19.8 Å². The van der Waals surface area contributed by atoms with Gasteiger partial charge in [0.2, 0.25) is 5.91 Å². The van der Waals surface area contributed by atoms with Crippen molar-refractivity contribution >= 4 is 33.0 Å². The van der Waals surface area contributed by atoms with Gasteiger partial charge >= 0.3 is 0 Å². The normalized spacial score (nSPS) is 28.3. The fourth-order valence-electron chi connectivity index (χ4n) is 3.70. The number of halogens is 1. The van der Waals surface area contributed by atoms with E-state index in [1.54, 1.807) is 15.6 Å². The van der Waals surface area contributed by atoms with Crippen LogP contribution >= 0.6 is 15.9 Å². The molecule has 1 aliphatic carbocycles. The summed E-state index contributed by atoms with van der Waals surface area (Å²) < 4.78 is 2.67. The number of nitrogens with zero attached hydrogens (tertiary/aromatic N) is 4. The molecule has 2 aromatic rings. The number of anilines is 1. The highest BCUT2D eigenvalue weighted by Crippen LogP contribution is 2.54. The average molecular weight is 359 g/mol. The third-order valence-corrected chi connectivity index (χ3v) is 5.42. The van der Waals surface area contributed by atoms with E-state index in [0.29, 0.717) is 6.54 Å². The van der Waals surface area contributed by atoms with Crippen LogP contribution in [0.2, 0.25) is 0 Å². The van der Waals surface area contributed by atoms with Crippen molar-refractivity contribution in [3.8, 4) is 6.07 Å². The summed E-state index contributed by atoms with van der Waals surface area (Å²) >= 11 is 3.45. The van der Waals surface area contributed by atoms with Gasteiger partial charge in [0.05, 0.1) is 17.3 Å². The van der Waals surface area contributed by atoms with Gasteiger partial charge in [0.15, 0.2) is 0 Å². The number of fused-ring (bicyclic) bond motifs is 1. The van der Waals surface area contributed by atoms with Crippen LogP contribution in [-0.4, -0.2) is 22.1 Å². The first-order valence-electron chi connectivity index (χ1n) is 7.44. The van der Waals surface area contributed by atoms with E-state index in [-0.39, 0.29) is 17.7 Å². The first kappa shape index (κ1) is 13.8. The van der Waals surface area contributed by atoms with Crippen LogP contribution in [-0.2, 0) is 4.79 Å². The van der Waals surface area contributed by atoms with Gasteiger partial charge in [-0.3, -0.25) is 4.79 Å². The van der Waals surface area contributed by atoms with Crippen molar-refractivity contribution in [3.63, 3.8) is 0 Å². The number of rotatable bonds is 2. The van der Waals surface area contributed by atoms with Crippen LogP contribution in [0, 0.1) is 28.6 Å². The molecule has 3 heterocycles. The smallest absolute Gasteiger partial charge is 0.248 e. The summed E-state index contributed by atoms with van der Waals surface area (Å²) in [5, 5.41) is 14.0. The molecule has 2 aliphatic rings. The Labute approximate surface area is 136 Å². The molecule has 1 aliphatic heterocycles. The molecule has 6 heteroatoms. The van der Waals surface area contributed by atoms with Crippen LogP contribution in [0.4, 0.5) is 5.69 Å². The molecule has 2 aromatic heterocycles. The fourth-order valence-corrected chi connectivity index (χ4v) is 4.11. The summed E-state index contributed by atoms with van der Waals surface area (Å²) in [5.74, 6) is 0.223. The molecule has 0 N–H and O–H groups in total. The molecular weight excluding hydrogens is 344 g/mol. The molecule has 112 valence electrons. The van der Waals surface area contributed by atoms with Gasteiger partial charge in [0.25, 0.3) is 0 Å². The first-order chi connectivity index (χ1) is 10.6. The van der Waals surface area contributed by atoms with Crippen molar-refractivity contribution in [2.45, 2.75) is 19.8 Å². The van der Waals surface area contributed by atoms with Crippen molar-refractivity contribution < 1.29 is 4.79 Å². The molecule has 2 atom stereocenters. The molecule has 0 bridgehead atoms. The van der Waals surface area contributed by atoms with Crippen LogP contribution < -0.4 is 4.90 Å². The maximum absolute atomic E-state index is 13.1. The maximum atomic E-state index is 13.1. The molecule has 22 heavy (non-hydrogen) atoms. The van der Waals surface area contributed by atoms with Crippen molar-refractivity contribution in [3.05, 3.63) is 29.0 Å². The summed E-state index contributed by atoms with van der Waals surface area (Å²) in [5.41, 5.74) is 0.860. The van der Waals surface area contributed by atoms with Gasteiger partial charge in [-0.1, -0.05) is 6.92 Å². The zero-order chi connectivity index (χ0) is 15.5. The van der Waals surface area contributed by atoms with Crippen molar-refractivity contribution in [2.75, 3.05) is 11.4 Å². The van der Waals surface area contributed by atoms with Gasteiger partial charge in [-0.2, -0.15) is 10.4 Å². The number of hydrogen-bond donors (Lipinski definition) is 0. The van der Waals surface area contributed by atoms with Crippen LogP contribution in [0.3, 0.4) is 0 Å². The maximum Gasteiger partial charge on any atom is 0.248 e. The lowest BCUT2D eigenvalue weighted by molar-refractivity contribution is -0.124. The van der Waals surface area contributed by atoms with Gasteiger partial charge < -0.3 is 4.90 Å². The van der Waals surface area contributed by atoms with E-state index in [1.165, 1.54) is 0 Å². The third-order valence-electron chi connectivity index (χ3n) is 4.98. The third kappa shape index (κ3) is 1.69. The van der Waals surface area contributed by atoms with E-state index in [9.17, 15) is 10.1 Å². The number of nitriles is 1. The lowest BCUT2D eigenvalue weighted by Gasteiger charge is -2.23. The van der Waals surface area contributed by atoms with E-state index < -0.39 is 5.41 Å². The second-order valence-corrected chi connectivity index (χ2v) is 7.19. The molecule has 1 saturated heterocycles. The van der Waals surface area contributed by atoms with E-state index in [4.69, 9.17) is 0 Å². The Morgan fingerprint density at radius 1 is 1.50 bits per heavy atom. The zero-order valence-electron chi connectivity index (χ0n) is 12.2. The van der Waals surface area contributed by atoms with E-state index in [1.807, 2.05) is 25.3 Å². The molecule has 5 nitrogen and oxygen atoms in total. The highest BCUT2D eigenvalue weighted by molar-refractivity contribution is 9.10. The van der Waals surface area contributed by atoms with Gasteiger partial charge in [0.1, 0.15) is 5.41 Å². The summed E-state index contributed by atoms with van der Waals surface area (Å²) in [7, 11) is 0. The Bertz CT molecular complexity index is 819. The highest BCUT2D eigenvalue weighted by Gasteiger charge is 2.61. The molecule has 1 saturated carbocycles. The predicted octanol–water partition coefficient (Wildman–Crippen LogP) is 3.00.